The number of rotatable bonds is 4. The summed E-state index contributed by atoms with van der Waals surface area (Å²) in [4.78, 5) is 0. The van der Waals surface area contributed by atoms with Gasteiger partial charge in [-0.05, 0) is 0 Å². The zero-order valence-electron chi connectivity index (χ0n) is 5.09. The lowest BCUT2D eigenvalue weighted by atomic mass is 10.8. The van der Waals surface area contributed by atoms with Crippen LogP contribution in [0, 0.1) is 24.7 Å². The number of hydrogen-bond donors (Lipinski definition) is 0. The van der Waals surface area contributed by atoms with E-state index in [1.807, 2.05) is 0 Å². The highest BCUT2D eigenvalue weighted by molar-refractivity contribution is 8.16. The van der Waals surface area contributed by atoms with E-state index in [0.717, 1.165) is 16.6 Å². The first-order chi connectivity index (χ1) is 4.41. The summed E-state index contributed by atoms with van der Waals surface area (Å²) in [6.07, 6.45) is 10.0. The van der Waals surface area contributed by atoms with Crippen molar-refractivity contribution in [3.8, 4) is 24.7 Å². The van der Waals surface area contributed by atoms with Crippen molar-refractivity contribution in [1.82, 2.24) is 0 Å². The molecule has 0 unspecified atom stereocenters. The van der Waals surface area contributed by atoms with Gasteiger partial charge in [0.25, 0.3) is 0 Å². The first-order valence-electron chi connectivity index (χ1n) is 2.44. The molecule has 0 bridgehead atoms. The molecule has 72 valence electrons. The van der Waals surface area contributed by atoms with Gasteiger partial charge >= 0.3 is 0 Å². The minimum Gasteiger partial charge on any atom is -0.138 e. The molecule has 0 fully saturated rings. The molecule has 0 aromatic carbocycles. The van der Waals surface area contributed by atoms with Crippen molar-refractivity contribution in [2.24, 2.45) is 0 Å². The maximum absolute atomic E-state index is 5.02. The number of terminal acetylenes is 2. The van der Waals surface area contributed by atoms with Gasteiger partial charge in [-0.3, -0.25) is 0 Å². The van der Waals surface area contributed by atoms with Gasteiger partial charge in [-0.2, -0.15) is 0 Å². The van der Waals surface area contributed by atoms with Crippen molar-refractivity contribution < 1.29 is 0 Å². The van der Waals surface area contributed by atoms with Gasteiger partial charge in [0, 0.05) is 5.08 Å². The first-order valence-corrected chi connectivity index (χ1v) is 4.75. The van der Waals surface area contributed by atoms with E-state index in [1.165, 1.54) is 0 Å². The molecule has 0 N–H and O–H groups in total. The van der Waals surface area contributed by atoms with Crippen LogP contribution in [-0.2, 0) is 0 Å². The maximum atomic E-state index is 5.02. The van der Waals surface area contributed by atoms with Gasteiger partial charge in [0.05, 0.1) is 11.5 Å². The minimum atomic E-state index is 0. The SMILES string of the molecule is C.C.C.C#CCSCSCC#C. The maximum Gasteiger partial charge on any atom is 0.0553 e. The highest BCUT2D eigenvalue weighted by atomic mass is 32.2. The van der Waals surface area contributed by atoms with Crippen LogP contribution in [0.15, 0.2) is 0 Å². The Hall–Kier alpha value is -0.180. The van der Waals surface area contributed by atoms with Gasteiger partial charge in [-0.25, -0.2) is 0 Å². The molecule has 0 amide bonds. The van der Waals surface area contributed by atoms with Crippen molar-refractivity contribution in [3.05, 3.63) is 0 Å². The van der Waals surface area contributed by atoms with E-state index < -0.39 is 0 Å². The van der Waals surface area contributed by atoms with Crippen molar-refractivity contribution in [1.29, 1.82) is 0 Å². The second-order valence-corrected chi connectivity index (χ2v) is 3.56. The van der Waals surface area contributed by atoms with Crippen LogP contribution in [0.1, 0.15) is 22.3 Å². The summed E-state index contributed by atoms with van der Waals surface area (Å²) in [5, 5.41) is 1.01. The Kier molecular flexibility index (Phi) is 42.3. The van der Waals surface area contributed by atoms with Gasteiger partial charge in [-0.15, -0.1) is 36.4 Å². The molecule has 0 rings (SSSR count). The van der Waals surface area contributed by atoms with Crippen LogP contribution in [0.5, 0.6) is 0 Å². The summed E-state index contributed by atoms with van der Waals surface area (Å²) in [6, 6.07) is 0. The molecule has 2 heteroatoms. The van der Waals surface area contributed by atoms with Crippen LogP contribution in [-0.4, -0.2) is 16.6 Å². The molecular weight excluding hydrogens is 184 g/mol. The number of thioether (sulfide) groups is 2. The Morgan fingerprint density at radius 2 is 1.17 bits per heavy atom. The zero-order chi connectivity index (χ0) is 6.95. The highest BCUT2D eigenvalue weighted by Crippen LogP contribution is 2.09. The van der Waals surface area contributed by atoms with Crippen LogP contribution in [0.25, 0.3) is 0 Å². The molecule has 0 aliphatic rings. The third-order valence-corrected chi connectivity index (χ3v) is 2.61. The lowest BCUT2D eigenvalue weighted by Gasteiger charge is -1.91. The minimum absolute atomic E-state index is 0. The van der Waals surface area contributed by atoms with Gasteiger partial charge in [0.15, 0.2) is 0 Å². The fourth-order valence-corrected chi connectivity index (χ4v) is 1.63. The van der Waals surface area contributed by atoms with Gasteiger partial charge < -0.3 is 0 Å². The summed E-state index contributed by atoms with van der Waals surface area (Å²) in [5.41, 5.74) is 0. The topological polar surface area (TPSA) is 0 Å². The molecule has 12 heavy (non-hydrogen) atoms. The van der Waals surface area contributed by atoms with Crippen LogP contribution < -0.4 is 0 Å². The smallest absolute Gasteiger partial charge is 0.0553 e. The Bertz CT molecular complexity index is 112. The Labute approximate surface area is 87.3 Å². The summed E-state index contributed by atoms with van der Waals surface area (Å²) in [7, 11) is 0. The Balaban J connectivity index is -0.000000107. The predicted molar refractivity (Wildman–Crippen MR) is 67.6 cm³/mol. The quantitative estimate of drug-likeness (QED) is 0.390. The molecule has 0 atom stereocenters. The summed E-state index contributed by atoms with van der Waals surface area (Å²) in [5.74, 6) is 6.66. The molecule has 0 aromatic heterocycles. The lowest BCUT2D eigenvalue weighted by Crippen LogP contribution is -1.75. The van der Waals surface area contributed by atoms with E-state index in [1.54, 1.807) is 23.5 Å². The molecule has 0 aliphatic heterocycles. The Morgan fingerprint density at radius 3 is 1.42 bits per heavy atom. The average Bonchev–Trinajstić information content (AvgIpc) is 1.89. The molecule has 0 aliphatic carbocycles. The fourth-order valence-electron chi connectivity index (χ4n) is 0.260. The summed E-state index contributed by atoms with van der Waals surface area (Å²) in [6.45, 7) is 0. The van der Waals surface area contributed by atoms with Crippen molar-refractivity contribution >= 4 is 23.5 Å². The summed E-state index contributed by atoms with van der Waals surface area (Å²) >= 11 is 3.45. The fraction of sp³-hybridized carbons (Fsp3) is 0.600. The molecule has 0 aromatic rings. The largest absolute Gasteiger partial charge is 0.138 e. The van der Waals surface area contributed by atoms with Gasteiger partial charge in [0.2, 0.25) is 0 Å². The first kappa shape index (κ1) is 22.6. The van der Waals surface area contributed by atoms with Crippen LogP contribution in [0.2, 0.25) is 0 Å². The van der Waals surface area contributed by atoms with Gasteiger partial charge in [-0.1, -0.05) is 34.1 Å². The highest BCUT2D eigenvalue weighted by Gasteiger charge is 1.83. The van der Waals surface area contributed by atoms with E-state index in [-0.39, 0.29) is 22.3 Å². The second kappa shape index (κ2) is 22.4. The third-order valence-electron chi connectivity index (χ3n) is 0.537. The van der Waals surface area contributed by atoms with E-state index >= 15 is 0 Å². The normalized spacial score (nSPS) is 5.83. The van der Waals surface area contributed by atoms with E-state index in [0.29, 0.717) is 0 Å². The van der Waals surface area contributed by atoms with Crippen LogP contribution >= 0.6 is 23.5 Å². The molecule has 0 saturated heterocycles. The number of hydrogen-bond acceptors (Lipinski definition) is 2. The zero-order valence-corrected chi connectivity index (χ0v) is 6.73. The monoisotopic (exact) mass is 204 g/mol. The molecule has 0 saturated carbocycles. The van der Waals surface area contributed by atoms with E-state index in [9.17, 15) is 0 Å². The van der Waals surface area contributed by atoms with Crippen LogP contribution in [0.3, 0.4) is 0 Å². The van der Waals surface area contributed by atoms with Crippen molar-refractivity contribution in [2.45, 2.75) is 22.3 Å². The third kappa shape index (κ3) is 22.6. The molecular formula is C10H20S2. The average molecular weight is 204 g/mol. The molecule has 0 spiro atoms. The second-order valence-electron chi connectivity index (χ2n) is 1.22. The standard InChI is InChI=1S/C7H8S2.3CH4/c1-3-5-8-7-9-6-4-2;;;/h1-2H,5-7H2;3*1H4. The Morgan fingerprint density at radius 1 is 0.833 bits per heavy atom. The van der Waals surface area contributed by atoms with Crippen molar-refractivity contribution in [3.63, 3.8) is 0 Å². The summed E-state index contributed by atoms with van der Waals surface area (Å²) < 4.78 is 0. The lowest BCUT2D eigenvalue weighted by molar-refractivity contribution is 1.90. The van der Waals surface area contributed by atoms with Crippen LogP contribution in [0.4, 0.5) is 0 Å². The van der Waals surface area contributed by atoms with E-state index in [2.05, 4.69) is 11.8 Å². The molecule has 0 radical (unpaired) electrons. The predicted octanol–water partition coefficient (Wildman–Crippen LogP) is 3.59. The van der Waals surface area contributed by atoms with Crippen molar-refractivity contribution in [2.75, 3.05) is 16.6 Å². The van der Waals surface area contributed by atoms with Gasteiger partial charge in [0.1, 0.15) is 0 Å². The molecule has 0 nitrogen and oxygen atoms in total. The molecule has 0 heterocycles. The van der Waals surface area contributed by atoms with E-state index in [4.69, 9.17) is 12.8 Å².